The minimum atomic E-state index is -3.50. The Morgan fingerprint density at radius 2 is 1.56 bits per heavy atom. The summed E-state index contributed by atoms with van der Waals surface area (Å²) in [4.78, 5) is 37.8. The maximum absolute atomic E-state index is 12.9. The lowest BCUT2D eigenvalue weighted by atomic mass is 9.97. The number of carbonyl (C=O) groups excluding carboxylic acids is 3. The highest BCUT2D eigenvalue weighted by atomic mass is 32.2. The van der Waals surface area contributed by atoms with Crippen molar-refractivity contribution < 1.29 is 32.3 Å². The van der Waals surface area contributed by atoms with Crippen LogP contribution in [0.3, 0.4) is 0 Å². The van der Waals surface area contributed by atoms with Gasteiger partial charge < -0.3 is 14.4 Å². The predicted octanol–water partition coefficient (Wildman–Crippen LogP) is 2.14. The van der Waals surface area contributed by atoms with Gasteiger partial charge in [-0.3, -0.25) is 14.4 Å². The average molecular weight is 495 g/mol. The molecule has 0 spiro atoms. The van der Waals surface area contributed by atoms with E-state index in [1.165, 1.54) is 7.11 Å². The van der Waals surface area contributed by atoms with Crippen LogP contribution in [0, 0.1) is 5.92 Å². The van der Waals surface area contributed by atoms with Crippen LogP contribution in [0.5, 0.6) is 0 Å². The molecule has 2 fully saturated rings. The fourth-order valence-electron chi connectivity index (χ4n) is 4.34. The maximum atomic E-state index is 12.9. The van der Waals surface area contributed by atoms with Gasteiger partial charge in [0.25, 0.3) is 5.91 Å². The molecule has 2 aliphatic heterocycles. The SMILES string of the molecule is COC(=O)C1CCN(C(=O)COC(=O)CCc2ccc(S(=O)(=O)N3CCCCCC3)cc2)CC1. The quantitative estimate of drug-likeness (QED) is 0.509. The average Bonchev–Trinajstić information content (AvgIpc) is 3.16. The molecule has 188 valence electrons. The number of amides is 1. The standard InChI is InChI=1S/C24H34N2O7S/c1-32-24(29)20-12-16-25(17-13-20)22(27)18-33-23(28)11-8-19-6-9-21(10-7-19)34(30,31)26-14-4-2-3-5-15-26/h6-7,9-10,20H,2-5,8,11-18H2,1H3. The number of aryl methyl sites for hydroxylation is 1. The molecule has 2 heterocycles. The zero-order valence-corrected chi connectivity index (χ0v) is 20.6. The molecule has 1 aromatic carbocycles. The number of rotatable bonds is 8. The lowest BCUT2D eigenvalue weighted by Gasteiger charge is -2.30. The van der Waals surface area contributed by atoms with E-state index < -0.39 is 16.0 Å². The van der Waals surface area contributed by atoms with E-state index in [4.69, 9.17) is 9.47 Å². The Bertz CT molecular complexity index is 946. The van der Waals surface area contributed by atoms with Crippen molar-refractivity contribution in [1.29, 1.82) is 0 Å². The van der Waals surface area contributed by atoms with E-state index in [0.29, 0.717) is 45.4 Å². The topological polar surface area (TPSA) is 110 Å². The first-order chi connectivity index (χ1) is 16.3. The van der Waals surface area contributed by atoms with Crippen molar-refractivity contribution in [1.82, 2.24) is 9.21 Å². The van der Waals surface area contributed by atoms with Gasteiger partial charge in [-0.2, -0.15) is 4.31 Å². The van der Waals surface area contributed by atoms with Gasteiger partial charge in [-0.15, -0.1) is 0 Å². The molecule has 1 amide bonds. The molecule has 0 radical (unpaired) electrons. The molecule has 10 heteroatoms. The molecule has 0 aliphatic carbocycles. The highest BCUT2D eigenvalue weighted by molar-refractivity contribution is 7.89. The molecule has 0 saturated carbocycles. The molecule has 0 unspecified atom stereocenters. The van der Waals surface area contributed by atoms with Gasteiger partial charge in [0.15, 0.2) is 6.61 Å². The fraction of sp³-hybridized carbons (Fsp3) is 0.625. The second-order valence-electron chi connectivity index (χ2n) is 8.80. The summed E-state index contributed by atoms with van der Waals surface area (Å²) in [6.45, 7) is 1.65. The first-order valence-corrected chi connectivity index (χ1v) is 13.4. The van der Waals surface area contributed by atoms with Crippen molar-refractivity contribution in [3.8, 4) is 0 Å². The van der Waals surface area contributed by atoms with Gasteiger partial charge in [0.2, 0.25) is 10.0 Å². The fourth-order valence-corrected chi connectivity index (χ4v) is 5.86. The summed E-state index contributed by atoms with van der Waals surface area (Å²) in [6.07, 6.45) is 5.44. The summed E-state index contributed by atoms with van der Waals surface area (Å²) < 4.78 is 37.1. The summed E-state index contributed by atoms with van der Waals surface area (Å²) in [5.74, 6) is -1.22. The van der Waals surface area contributed by atoms with Crippen LogP contribution in [0.1, 0.15) is 50.5 Å². The van der Waals surface area contributed by atoms with Gasteiger partial charge in [-0.25, -0.2) is 8.42 Å². The number of methoxy groups -OCH3 is 1. The third kappa shape index (κ3) is 7.02. The van der Waals surface area contributed by atoms with Crippen LogP contribution >= 0.6 is 0 Å². The molecule has 2 aliphatic rings. The normalized spacial score (nSPS) is 18.2. The Balaban J connectivity index is 1.41. The first kappa shape index (κ1) is 26.2. The van der Waals surface area contributed by atoms with Crippen molar-refractivity contribution in [2.45, 2.75) is 56.3 Å². The molecule has 0 bridgehead atoms. The van der Waals surface area contributed by atoms with Crippen LogP contribution in [0.15, 0.2) is 29.2 Å². The molecular formula is C24H34N2O7S. The molecule has 1 aromatic rings. The molecule has 0 N–H and O–H groups in total. The number of hydrogen-bond acceptors (Lipinski definition) is 7. The minimum Gasteiger partial charge on any atom is -0.469 e. The van der Waals surface area contributed by atoms with Crippen LogP contribution in [0.25, 0.3) is 0 Å². The Labute approximate surface area is 201 Å². The summed E-state index contributed by atoms with van der Waals surface area (Å²) in [6, 6.07) is 6.61. The Kier molecular flexibility index (Phi) is 9.46. The zero-order chi connectivity index (χ0) is 24.6. The van der Waals surface area contributed by atoms with Crippen molar-refractivity contribution >= 4 is 27.9 Å². The Hall–Kier alpha value is -2.46. The number of piperidine rings is 1. The molecular weight excluding hydrogens is 460 g/mol. The first-order valence-electron chi connectivity index (χ1n) is 11.9. The molecule has 0 aromatic heterocycles. The minimum absolute atomic E-state index is 0.0932. The van der Waals surface area contributed by atoms with E-state index in [1.54, 1.807) is 33.5 Å². The third-order valence-electron chi connectivity index (χ3n) is 6.48. The Morgan fingerprint density at radius 1 is 0.941 bits per heavy atom. The van der Waals surface area contributed by atoms with Crippen LogP contribution in [0.2, 0.25) is 0 Å². The number of nitrogens with zero attached hydrogens (tertiary/aromatic N) is 2. The van der Waals surface area contributed by atoms with Crippen LogP contribution in [-0.4, -0.2) is 75.4 Å². The summed E-state index contributed by atoms with van der Waals surface area (Å²) in [5.41, 5.74) is 0.822. The number of carbonyl (C=O) groups is 3. The van der Waals surface area contributed by atoms with Gasteiger partial charge in [-0.1, -0.05) is 25.0 Å². The van der Waals surface area contributed by atoms with Gasteiger partial charge in [-0.05, 0) is 49.8 Å². The molecule has 34 heavy (non-hydrogen) atoms. The number of benzene rings is 1. The van der Waals surface area contributed by atoms with Gasteiger partial charge in [0.1, 0.15) is 0 Å². The number of ether oxygens (including phenoxy) is 2. The van der Waals surface area contributed by atoms with Crippen LogP contribution in [0.4, 0.5) is 0 Å². The maximum Gasteiger partial charge on any atom is 0.308 e. The number of sulfonamides is 1. The van der Waals surface area contributed by atoms with E-state index in [9.17, 15) is 22.8 Å². The molecule has 2 saturated heterocycles. The zero-order valence-electron chi connectivity index (χ0n) is 19.7. The molecule has 9 nitrogen and oxygen atoms in total. The van der Waals surface area contributed by atoms with E-state index in [-0.39, 0.29) is 35.7 Å². The number of hydrogen-bond donors (Lipinski definition) is 0. The van der Waals surface area contributed by atoms with Gasteiger partial charge in [0, 0.05) is 32.6 Å². The van der Waals surface area contributed by atoms with Crippen LogP contribution < -0.4 is 0 Å². The van der Waals surface area contributed by atoms with E-state index in [0.717, 1.165) is 31.2 Å². The summed E-state index contributed by atoms with van der Waals surface area (Å²) in [5, 5.41) is 0. The number of esters is 2. The highest BCUT2D eigenvalue weighted by Gasteiger charge is 2.28. The lowest BCUT2D eigenvalue weighted by molar-refractivity contribution is -0.154. The van der Waals surface area contributed by atoms with Gasteiger partial charge in [0.05, 0.1) is 17.9 Å². The van der Waals surface area contributed by atoms with Crippen molar-refractivity contribution in [2.75, 3.05) is 39.9 Å². The highest BCUT2D eigenvalue weighted by Crippen LogP contribution is 2.21. The van der Waals surface area contributed by atoms with Crippen molar-refractivity contribution in [3.05, 3.63) is 29.8 Å². The van der Waals surface area contributed by atoms with Gasteiger partial charge >= 0.3 is 11.9 Å². The largest absolute Gasteiger partial charge is 0.469 e. The monoisotopic (exact) mass is 494 g/mol. The van der Waals surface area contributed by atoms with E-state index >= 15 is 0 Å². The van der Waals surface area contributed by atoms with Crippen LogP contribution in [-0.2, 0) is 40.3 Å². The van der Waals surface area contributed by atoms with Crippen molar-refractivity contribution in [2.24, 2.45) is 5.92 Å². The third-order valence-corrected chi connectivity index (χ3v) is 8.40. The summed E-state index contributed by atoms with van der Waals surface area (Å²) >= 11 is 0. The second-order valence-corrected chi connectivity index (χ2v) is 10.7. The predicted molar refractivity (Wildman–Crippen MR) is 124 cm³/mol. The van der Waals surface area contributed by atoms with E-state index in [1.807, 2.05) is 0 Å². The second kappa shape index (κ2) is 12.3. The smallest absolute Gasteiger partial charge is 0.308 e. The van der Waals surface area contributed by atoms with E-state index in [2.05, 4.69) is 0 Å². The number of likely N-dealkylation sites (tertiary alicyclic amines) is 1. The van der Waals surface area contributed by atoms with Crippen molar-refractivity contribution in [3.63, 3.8) is 0 Å². The molecule has 0 atom stereocenters. The lowest BCUT2D eigenvalue weighted by Crippen LogP contribution is -2.42. The molecule has 3 rings (SSSR count). The summed E-state index contributed by atoms with van der Waals surface area (Å²) in [7, 11) is -2.14. The Morgan fingerprint density at radius 3 is 2.15 bits per heavy atom.